The van der Waals surface area contributed by atoms with Gasteiger partial charge in [-0.3, -0.25) is 10.1 Å². The third-order valence-electron chi connectivity index (χ3n) is 1.85. The van der Waals surface area contributed by atoms with Crippen LogP contribution in [0.25, 0.3) is 0 Å². The third-order valence-corrected chi connectivity index (χ3v) is 4.31. The number of nitrogens with zero attached hydrogens (tertiary/aromatic N) is 2. The maximum atomic E-state index is 11.7. The number of urea groups is 1. The Hall–Kier alpha value is -1.15. The zero-order valence-electron chi connectivity index (χ0n) is 9.76. The van der Waals surface area contributed by atoms with Gasteiger partial charge in [0.1, 0.15) is 5.01 Å². The first-order valence-corrected chi connectivity index (χ1v) is 6.67. The number of hydrogen-bond donors (Lipinski definition) is 2. The van der Waals surface area contributed by atoms with Crippen LogP contribution in [-0.2, 0) is 4.79 Å². The summed E-state index contributed by atoms with van der Waals surface area (Å²) in [6.45, 7) is 5.63. The van der Waals surface area contributed by atoms with E-state index >= 15 is 0 Å². The summed E-state index contributed by atoms with van der Waals surface area (Å²) >= 11 is 2.71. The van der Waals surface area contributed by atoms with Crippen LogP contribution in [0.15, 0.2) is 4.34 Å². The van der Waals surface area contributed by atoms with Crippen molar-refractivity contribution in [2.75, 3.05) is 0 Å². The summed E-state index contributed by atoms with van der Waals surface area (Å²) in [6.07, 6.45) is 0. The highest BCUT2D eigenvalue weighted by Crippen LogP contribution is 2.30. The first-order valence-electron chi connectivity index (χ1n) is 4.97. The van der Waals surface area contributed by atoms with Gasteiger partial charge in [0.2, 0.25) is 5.91 Å². The summed E-state index contributed by atoms with van der Waals surface area (Å²) in [6, 6.07) is -0.838. The minimum Gasteiger partial charge on any atom is -0.351 e. The molecule has 1 aromatic heterocycles. The fourth-order valence-corrected chi connectivity index (χ4v) is 3.14. The number of imide groups is 1. The average Bonchev–Trinajstić information content (AvgIpc) is 2.58. The summed E-state index contributed by atoms with van der Waals surface area (Å²) < 4.78 is 0.709. The molecule has 3 amide bonds. The van der Waals surface area contributed by atoms with Crippen molar-refractivity contribution in [3.8, 4) is 0 Å². The molecule has 0 radical (unpaired) electrons. The first-order chi connectivity index (χ1) is 7.90. The fraction of sp³-hybridized carbons (Fsp3) is 0.556. The highest BCUT2D eigenvalue weighted by Gasteiger charge is 2.25. The maximum absolute atomic E-state index is 11.7. The van der Waals surface area contributed by atoms with Crippen LogP contribution in [0.4, 0.5) is 4.79 Å². The van der Waals surface area contributed by atoms with Crippen molar-refractivity contribution in [1.82, 2.24) is 15.5 Å². The molecule has 0 aliphatic rings. The van der Waals surface area contributed by atoms with Gasteiger partial charge in [-0.2, -0.15) is 0 Å². The van der Waals surface area contributed by atoms with Crippen LogP contribution in [0.2, 0.25) is 0 Å². The number of primary amides is 1. The number of amides is 3. The topological polar surface area (TPSA) is 98.0 Å². The number of aryl methyl sites for hydroxylation is 1. The van der Waals surface area contributed by atoms with Crippen molar-refractivity contribution < 1.29 is 9.59 Å². The van der Waals surface area contributed by atoms with Crippen molar-refractivity contribution in [1.29, 1.82) is 0 Å². The van der Waals surface area contributed by atoms with E-state index in [9.17, 15) is 9.59 Å². The molecule has 17 heavy (non-hydrogen) atoms. The lowest BCUT2D eigenvalue weighted by molar-refractivity contribution is -0.120. The summed E-state index contributed by atoms with van der Waals surface area (Å²) in [5.74, 6) is -0.339. The van der Waals surface area contributed by atoms with E-state index in [2.05, 4.69) is 15.5 Å². The Morgan fingerprint density at radius 2 is 2.06 bits per heavy atom. The number of thioether (sulfide) groups is 1. The number of aromatic nitrogens is 2. The standard InChI is InChI=1S/C9H14N4O2S2/c1-4(2)6(7(14)11-8(10)15)17-9-13-12-5(3)16-9/h4,6H,1-3H3,(H3,10,11,14,15)/t6-/m1/s1. The highest BCUT2D eigenvalue weighted by molar-refractivity contribution is 8.02. The second-order valence-corrected chi connectivity index (χ2v) is 6.29. The Labute approximate surface area is 107 Å². The van der Waals surface area contributed by atoms with Crippen LogP contribution in [0.5, 0.6) is 0 Å². The SMILES string of the molecule is Cc1nnc(S[C@@H](C(=O)NC(N)=O)C(C)C)s1. The van der Waals surface area contributed by atoms with E-state index in [4.69, 9.17) is 5.73 Å². The zero-order valence-corrected chi connectivity index (χ0v) is 11.4. The summed E-state index contributed by atoms with van der Waals surface area (Å²) in [5.41, 5.74) is 4.92. The van der Waals surface area contributed by atoms with Gasteiger partial charge in [-0.05, 0) is 12.8 Å². The van der Waals surface area contributed by atoms with Gasteiger partial charge < -0.3 is 5.73 Å². The molecule has 8 heteroatoms. The van der Waals surface area contributed by atoms with E-state index in [0.717, 1.165) is 5.01 Å². The predicted molar refractivity (Wildman–Crippen MR) is 66.9 cm³/mol. The third kappa shape index (κ3) is 4.31. The highest BCUT2D eigenvalue weighted by atomic mass is 32.2. The van der Waals surface area contributed by atoms with E-state index in [1.807, 2.05) is 20.8 Å². The van der Waals surface area contributed by atoms with Crippen LogP contribution in [0.1, 0.15) is 18.9 Å². The molecule has 0 saturated heterocycles. The smallest absolute Gasteiger partial charge is 0.318 e. The molecule has 0 spiro atoms. The number of carbonyl (C=O) groups excluding carboxylic acids is 2. The van der Waals surface area contributed by atoms with Gasteiger partial charge in [0.05, 0.1) is 5.25 Å². The Morgan fingerprint density at radius 3 is 2.47 bits per heavy atom. The van der Waals surface area contributed by atoms with Gasteiger partial charge in [-0.15, -0.1) is 10.2 Å². The monoisotopic (exact) mass is 274 g/mol. The van der Waals surface area contributed by atoms with Crippen molar-refractivity contribution in [2.45, 2.75) is 30.4 Å². The number of hydrogen-bond acceptors (Lipinski definition) is 6. The van der Waals surface area contributed by atoms with Gasteiger partial charge in [0.25, 0.3) is 0 Å². The van der Waals surface area contributed by atoms with Crippen LogP contribution in [-0.4, -0.2) is 27.4 Å². The molecule has 1 rings (SSSR count). The second-order valence-electron chi connectivity index (χ2n) is 3.72. The van der Waals surface area contributed by atoms with Gasteiger partial charge >= 0.3 is 6.03 Å². The van der Waals surface area contributed by atoms with E-state index < -0.39 is 17.2 Å². The summed E-state index contributed by atoms with van der Waals surface area (Å²) in [5, 5.41) is 10.3. The summed E-state index contributed by atoms with van der Waals surface area (Å²) in [7, 11) is 0. The number of nitrogens with one attached hydrogen (secondary N) is 1. The molecule has 6 nitrogen and oxygen atoms in total. The Bertz CT molecular complexity index is 419. The van der Waals surface area contributed by atoms with E-state index in [0.29, 0.717) is 4.34 Å². The van der Waals surface area contributed by atoms with Crippen LogP contribution in [0.3, 0.4) is 0 Å². The molecule has 1 atom stereocenters. The zero-order chi connectivity index (χ0) is 13.0. The normalized spacial score (nSPS) is 12.5. The second kappa shape index (κ2) is 5.97. The Balaban J connectivity index is 2.73. The predicted octanol–water partition coefficient (Wildman–Crippen LogP) is 1.16. The quantitative estimate of drug-likeness (QED) is 0.803. The molecule has 0 fully saturated rings. The van der Waals surface area contributed by atoms with E-state index in [-0.39, 0.29) is 5.92 Å². The van der Waals surface area contributed by atoms with Crippen molar-refractivity contribution in [3.05, 3.63) is 5.01 Å². The maximum Gasteiger partial charge on any atom is 0.318 e. The molecular weight excluding hydrogens is 260 g/mol. The molecule has 3 N–H and O–H groups in total. The molecular formula is C9H14N4O2S2. The van der Waals surface area contributed by atoms with Crippen molar-refractivity contribution in [3.63, 3.8) is 0 Å². The van der Waals surface area contributed by atoms with Gasteiger partial charge in [0.15, 0.2) is 4.34 Å². The molecule has 94 valence electrons. The lowest BCUT2D eigenvalue weighted by Crippen LogP contribution is -2.42. The van der Waals surface area contributed by atoms with Crippen LogP contribution >= 0.6 is 23.1 Å². The van der Waals surface area contributed by atoms with Crippen molar-refractivity contribution >= 4 is 35.0 Å². The molecule has 1 aromatic rings. The Morgan fingerprint density at radius 1 is 1.41 bits per heavy atom. The molecule has 0 aliphatic carbocycles. The molecule has 1 heterocycles. The molecule has 0 unspecified atom stereocenters. The van der Waals surface area contributed by atoms with E-state index in [1.165, 1.54) is 23.1 Å². The number of nitrogens with two attached hydrogens (primary N) is 1. The number of carbonyl (C=O) groups is 2. The minimum absolute atomic E-state index is 0.0588. The lowest BCUT2D eigenvalue weighted by Gasteiger charge is -2.16. The minimum atomic E-state index is -0.838. The average molecular weight is 274 g/mol. The van der Waals surface area contributed by atoms with Gasteiger partial charge in [-0.1, -0.05) is 36.9 Å². The van der Waals surface area contributed by atoms with Crippen molar-refractivity contribution in [2.24, 2.45) is 11.7 Å². The van der Waals surface area contributed by atoms with Gasteiger partial charge in [0, 0.05) is 0 Å². The fourth-order valence-electron chi connectivity index (χ4n) is 1.12. The van der Waals surface area contributed by atoms with Crippen LogP contribution in [0, 0.1) is 12.8 Å². The molecule has 0 bridgehead atoms. The van der Waals surface area contributed by atoms with Gasteiger partial charge in [-0.25, -0.2) is 4.79 Å². The molecule has 0 saturated carbocycles. The van der Waals surface area contributed by atoms with E-state index in [1.54, 1.807) is 0 Å². The molecule has 0 aliphatic heterocycles. The largest absolute Gasteiger partial charge is 0.351 e. The summed E-state index contributed by atoms with van der Waals surface area (Å²) in [4.78, 5) is 22.4. The molecule has 0 aromatic carbocycles. The van der Waals surface area contributed by atoms with Crippen LogP contribution < -0.4 is 11.1 Å². The Kier molecular flexibility index (Phi) is 4.88. The lowest BCUT2D eigenvalue weighted by atomic mass is 10.1. The first kappa shape index (κ1) is 13.9. The number of rotatable bonds is 4.